The van der Waals surface area contributed by atoms with Crippen molar-refractivity contribution in [1.29, 1.82) is 0 Å². The Hall–Kier alpha value is -4.01. The lowest BCUT2D eigenvalue weighted by molar-refractivity contribution is -0.154. The maximum atomic E-state index is 13.7. The van der Waals surface area contributed by atoms with E-state index < -0.39 is 47.9 Å². The molecule has 216 valence electrons. The van der Waals surface area contributed by atoms with E-state index in [1.807, 2.05) is 13.8 Å². The largest absolute Gasteiger partial charge is 0.423 e. The van der Waals surface area contributed by atoms with Crippen molar-refractivity contribution in [3.05, 3.63) is 99.0 Å². The fourth-order valence-electron chi connectivity index (χ4n) is 5.41. The fraction of sp³-hybridized carbons (Fsp3) is 0.281. The number of hydrogen-bond donors (Lipinski definition) is 0. The zero-order valence-corrected chi connectivity index (χ0v) is 24.5. The first-order valence-corrected chi connectivity index (χ1v) is 14.4. The van der Waals surface area contributed by atoms with Crippen LogP contribution in [0.5, 0.6) is 5.75 Å². The second-order valence-electron chi connectivity index (χ2n) is 10.8. The first-order chi connectivity index (χ1) is 20.0. The third kappa shape index (κ3) is 5.96. The zero-order valence-electron chi connectivity index (χ0n) is 23.0. The molecule has 0 N–H and O–H groups in total. The molecule has 1 saturated heterocycles. The van der Waals surface area contributed by atoms with Gasteiger partial charge in [0.1, 0.15) is 12.3 Å². The molecule has 3 amide bonds. The fourth-order valence-corrected chi connectivity index (χ4v) is 5.71. The molecule has 1 heterocycles. The number of esters is 1. The van der Waals surface area contributed by atoms with E-state index in [4.69, 9.17) is 27.9 Å². The van der Waals surface area contributed by atoms with E-state index in [0.29, 0.717) is 18.4 Å². The van der Waals surface area contributed by atoms with Crippen LogP contribution >= 0.6 is 23.2 Å². The molecule has 2 aliphatic rings. The van der Waals surface area contributed by atoms with Gasteiger partial charge in [0, 0.05) is 11.1 Å². The van der Waals surface area contributed by atoms with Crippen LogP contribution in [-0.2, 0) is 9.59 Å². The highest BCUT2D eigenvalue weighted by Crippen LogP contribution is 2.41. The summed E-state index contributed by atoms with van der Waals surface area (Å²) in [4.78, 5) is 66.6. The van der Waals surface area contributed by atoms with Gasteiger partial charge < -0.3 is 4.74 Å². The number of nitrogens with zero attached hydrogens (tertiary/aromatic N) is 2. The Kier molecular flexibility index (Phi) is 8.48. The Labute approximate surface area is 253 Å². The van der Waals surface area contributed by atoms with Crippen molar-refractivity contribution in [3.63, 3.8) is 0 Å². The molecule has 3 aromatic rings. The second kappa shape index (κ2) is 12.1. The number of imide groups is 1. The number of fused-ring (bicyclic) bond motifs is 1. The minimum absolute atomic E-state index is 0.0689. The lowest BCUT2D eigenvalue weighted by Gasteiger charge is -2.30. The summed E-state index contributed by atoms with van der Waals surface area (Å²) in [5.74, 6) is -3.37. The van der Waals surface area contributed by atoms with Crippen LogP contribution in [0.3, 0.4) is 0 Å². The third-order valence-corrected chi connectivity index (χ3v) is 8.51. The maximum Gasteiger partial charge on any atom is 0.343 e. The van der Waals surface area contributed by atoms with Gasteiger partial charge >= 0.3 is 5.97 Å². The van der Waals surface area contributed by atoms with Gasteiger partial charge in [0.05, 0.1) is 27.4 Å². The maximum absolute atomic E-state index is 13.7. The summed E-state index contributed by atoms with van der Waals surface area (Å²) in [5, 5.41) is 2.09. The summed E-state index contributed by atoms with van der Waals surface area (Å²) >= 11 is 12.2. The number of halogens is 2. The predicted octanol–water partition coefficient (Wildman–Crippen LogP) is 6.18. The molecule has 1 aliphatic carbocycles. The van der Waals surface area contributed by atoms with Gasteiger partial charge in [-0.3, -0.25) is 19.2 Å². The third-order valence-electron chi connectivity index (χ3n) is 7.77. The van der Waals surface area contributed by atoms with E-state index in [2.05, 4.69) is 0 Å². The average molecular weight is 607 g/mol. The van der Waals surface area contributed by atoms with Gasteiger partial charge in [-0.2, -0.15) is 5.01 Å². The van der Waals surface area contributed by atoms with Gasteiger partial charge in [-0.1, -0.05) is 47.8 Å². The molecule has 3 atom stereocenters. The van der Waals surface area contributed by atoms with Crippen LogP contribution < -0.4 is 4.74 Å². The molecule has 1 saturated carbocycles. The number of hydrazine groups is 1. The number of rotatable bonds is 7. The van der Waals surface area contributed by atoms with Crippen LogP contribution in [0.15, 0.2) is 66.7 Å². The van der Waals surface area contributed by atoms with Gasteiger partial charge in [0.2, 0.25) is 0 Å². The average Bonchev–Trinajstić information content (AvgIpc) is 3.21. The molecule has 0 unspecified atom stereocenters. The van der Waals surface area contributed by atoms with E-state index >= 15 is 0 Å². The van der Waals surface area contributed by atoms with E-state index in [0.717, 1.165) is 22.0 Å². The number of aryl methyl sites for hydroxylation is 1. The number of Topliss-reactive ketones (excluding diaryl/α,β-unsaturated/α-hetero) is 1. The Morgan fingerprint density at radius 2 is 1.45 bits per heavy atom. The molecule has 10 heteroatoms. The summed E-state index contributed by atoms with van der Waals surface area (Å²) in [6.45, 7) is 3.36. The highest BCUT2D eigenvalue weighted by atomic mass is 35.5. The number of carbonyl (C=O) groups is 5. The number of ether oxygens (including phenoxy) is 1. The molecule has 3 aromatic carbocycles. The second-order valence-corrected chi connectivity index (χ2v) is 11.6. The lowest BCUT2D eigenvalue weighted by Crippen LogP contribution is -2.52. The van der Waals surface area contributed by atoms with Crippen molar-refractivity contribution in [2.24, 2.45) is 17.8 Å². The van der Waals surface area contributed by atoms with Crippen LogP contribution in [0.4, 0.5) is 0 Å². The smallest absolute Gasteiger partial charge is 0.343 e. The highest BCUT2D eigenvalue weighted by Gasteiger charge is 2.52. The van der Waals surface area contributed by atoms with Gasteiger partial charge in [0.15, 0.2) is 5.78 Å². The van der Waals surface area contributed by atoms with E-state index in [1.165, 1.54) is 42.5 Å². The predicted molar refractivity (Wildman–Crippen MR) is 156 cm³/mol. The SMILES string of the molecule is Cc1ccc(C(=O)Oc2ccc(C(=O)CN(C(=O)c3ccc(Cl)c(Cl)c3)N3C(=O)[C@H]4C[C@@H](C)CC[C@H]4C3=O)cc2)cc1. The van der Waals surface area contributed by atoms with Crippen molar-refractivity contribution in [2.45, 2.75) is 33.1 Å². The summed E-state index contributed by atoms with van der Waals surface area (Å²) < 4.78 is 5.41. The number of amides is 3. The summed E-state index contributed by atoms with van der Waals surface area (Å²) in [6, 6.07) is 16.9. The molecule has 0 bridgehead atoms. The normalized spacial score (nSPS) is 19.8. The first kappa shape index (κ1) is 29.5. The standard InChI is InChI=1S/C32H28Cl2N2O6/c1-18-3-6-21(7-4-18)32(41)42-23-11-8-20(9-12-23)28(37)17-35(29(38)22-10-14-26(33)27(34)16-22)36-30(39)24-13-5-19(2)15-25(24)31(36)40/h3-4,6-12,14,16,19,24-25H,5,13,15,17H2,1-2H3/t19-,24+,25-/m0/s1. The van der Waals surface area contributed by atoms with E-state index in [1.54, 1.807) is 24.3 Å². The molecule has 8 nitrogen and oxygen atoms in total. The first-order valence-electron chi connectivity index (χ1n) is 13.6. The van der Waals surface area contributed by atoms with Crippen molar-refractivity contribution in [2.75, 3.05) is 6.54 Å². The highest BCUT2D eigenvalue weighted by molar-refractivity contribution is 6.42. The molecule has 42 heavy (non-hydrogen) atoms. The van der Waals surface area contributed by atoms with Gasteiger partial charge in [-0.15, -0.1) is 0 Å². The van der Waals surface area contributed by atoms with Crippen LogP contribution in [0.2, 0.25) is 10.0 Å². The molecule has 2 fully saturated rings. The van der Waals surface area contributed by atoms with E-state index in [9.17, 15) is 24.0 Å². The lowest BCUT2D eigenvalue weighted by atomic mass is 9.76. The van der Waals surface area contributed by atoms with Crippen LogP contribution in [0.25, 0.3) is 0 Å². The summed E-state index contributed by atoms with van der Waals surface area (Å²) in [7, 11) is 0. The Morgan fingerprint density at radius 1 is 0.833 bits per heavy atom. The topological polar surface area (TPSA) is 101 Å². The minimum atomic E-state index is -0.737. The number of hydrogen-bond acceptors (Lipinski definition) is 6. The van der Waals surface area contributed by atoms with Crippen molar-refractivity contribution in [1.82, 2.24) is 10.0 Å². The molecule has 0 radical (unpaired) electrons. The number of benzene rings is 3. The molecular weight excluding hydrogens is 579 g/mol. The quantitative estimate of drug-likeness (QED) is 0.138. The Balaban J connectivity index is 1.38. The molecular formula is C32H28Cl2N2O6. The van der Waals surface area contributed by atoms with Gasteiger partial charge in [-0.05, 0) is 86.7 Å². The summed E-state index contributed by atoms with van der Waals surface area (Å²) in [5.41, 5.74) is 1.65. The zero-order chi connectivity index (χ0) is 30.1. The van der Waals surface area contributed by atoms with Crippen molar-refractivity contribution < 1.29 is 28.7 Å². The molecule has 0 spiro atoms. The van der Waals surface area contributed by atoms with Gasteiger partial charge in [0.25, 0.3) is 17.7 Å². The molecule has 0 aromatic heterocycles. The summed E-state index contributed by atoms with van der Waals surface area (Å²) in [6.07, 6.45) is 1.88. The van der Waals surface area contributed by atoms with Crippen LogP contribution in [0.1, 0.15) is 62.8 Å². The number of carbonyl (C=O) groups excluding carboxylic acids is 5. The molecule has 5 rings (SSSR count). The Morgan fingerprint density at radius 3 is 2.12 bits per heavy atom. The van der Waals surface area contributed by atoms with Gasteiger partial charge in [-0.25, -0.2) is 9.80 Å². The Bertz CT molecular complexity index is 1570. The monoisotopic (exact) mass is 606 g/mol. The number of ketones is 1. The van der Waals surface area contributed by atoms with Crippen molar-refractivity contribution >= 4 is 52.7 Å². The van der Waals surface area contributed by atoms with E-state index in [-0.39, 0.29) is 32.8 Å². The molecule has 1 aliphatic heterocycles. The van der Waals surface area contributed by atoms with Crippen LogP contribution in [-0.4, -0.2) is 46.0 Å². The van der Waals surface area contributed by atoms with Crippen LogP contribution in [0, 0.1) is 24.7 Å². The minimum Gasteiger partial charge on any atom is -0.423 e. The van der Waals surface area contributed by atoms with Crippen molar-refractivity contribution in [3.8, 4) is 5.75 Å².